The SMILES string of the molecule is CCCCSc1ccc(-c2ccc(C#N)cc2)s1. The number of nitrogens with zero attached hydrogens (tertiary/aromatic N) is 1. The maximum atomic E-state index is 8.77. The molecule has 1 aromatic carbocycles. The van der Waals surface area contributed by atoms with Gasteiger partial charge in [-0.2, -0.15) is 5.26 Å². The van der Waals surface area contributed by atoms with Crippen LogP contribution in [0.5, 0.6) is 0 Å². The van der Waals surface area contributed by atoms with E-state index < -0.39 is 0 Å². The fraction of sp³-hybridized carbons (Fsp3) is 0.267. The third kappa shape index (κ3) is 3.38. The largest absolute Gasteiger partial charge is 0.192 e. The molecule has 0 spiro atoms. The first-order chi connectivity index (χ1) is 8.83. The number of hydrogen-bond donors (Lipinski definition) is 0. The van der Waals surface area contributed by atoms with Crippen molar-refractivity contribution in [1.29, 1.82) is 5.26 Å². The molecule has 92 valence electrons. The summed E-state index contributed by atoms with van der Waals surface area (Å²) in [5.41, 5.74) is 1.91. The van der Waals surface area contributed by atoms with Crippen molar-refractivity contribution in [2.24, 2.45) is 0 Å². The van der Waals surface area contributed by atoms with E-state index >= 15 is 0 Å². The summed E-state index contributed by atoms with van der Waals surface area (Å²) in [7, 11) is 0. The van der Waals surface area contributed by atoms with Gasteiger partial charge in [-0.05, 0) is 42.0 Å². The number of thioether (sulfide) groups is 1. The lowest BCUT2D eigenvalue weighted by molar-refractivity contribution is 0.896. The second kappa shape index (κ2) is 6.63. The van der Waals surface area contributed by atoms with Gasteiger partial charge in [-0.3, -0.25) is 0 Å². The Hall–Kier alpha value is -1.24. The molecular formula is C15H15NS2. The lowest BCUT2D eigenvalue weighted by Gasteiger charge is -1.97. The van der Waals surface area contributed by atoms with Gasteiger partial charge in [-0.1, -0.05) is 25.5 Å². The highest BCUT2D eigenvalue weighted by atomic mass is 32.2. The Labute approximate surface area is 116 Å². The smallest absolute Gasteiger partial charge is 0.0991 e. The van der Waals surface area contributed by atoms with Gasteiger partial charge >= 0.3 is 0 Å². The van der Waals surface area contributed by atoms with Crippen LogP contribution in [0, 0.1) is 11.3 Å². The fourth-order valence-electron chi connectivity index (χ4n) is 1.58. The highest BCUT2D eigenvalue weighted by Crippen LogP contribution is 2.34. The first-order valence-electron chi connectivity index (χ1n) is 6.06. The van der Waals surface area contributed by atoms with Gasteiger partial charge in [0.25, 0.3) is 0 Å². The van der Waals surface area contributed by atoms with Crippen molar-refractivity contribution in [1.82, 2.24) is 0 Å². The molecular weight excluding hydrogens is 258 g/mol. The van der Waals surface area contributed by atoms with E-state index in [-0.39, 0.29) is 0 Å². The third-order valence-corrected chi connectivity index (χ3v) is 5.07. The molecule has 0 aliphatic carbocycles. The highest BCUT2D eigenvalue weighted by molar-refractivity contribution is 8.01. The molecule has 3 heteroatoms. The molecule has 0 bridgehead atoms. The molecule has 0 amide bonds. The van der Waals surface area contributed by atoms with Crippen LogP contribution in [0.4, 0.5) is 0 Å². The Morgan fingerprint density at radius 2 is 1.94 bits per heavy atom. The molecule has 2 rings (SSSR count). The summed E-state index contributed by atoms with van der Waals surface area (Å²) in [6.45, 7) is 2.22. The van der Waals surface area contributed by atoms with Crippen molar-refractivity contribution in [2.75, 3.05) is 5.75 Å². The van der Waals surface area contributed by atoms with Crippen LogP contribution < -0.4 is 0 Å². The van der Waals surface area contributed by atoms with Crippen LogP contribution in [0.25, 0.3) is 10.4 Å². The molecule has 18 heavy (non-hydrogen) atoms. The van der Waals surface area contributed by atoms with Crippen molar-refractivity contribution in [3.05, 3.63) is 42.0 Å². The summed E-state index contributed by atoms with van der Waals surface area (Å²) in [5, 5.41) is 8.77. The molecule has 0 unspecified atom stereocenters. The van der Waals surface area contributed by atoms with Crippen LogP contribution in [-0.2, 0) is 0 Å². The quantitative estimate of drug-likeness (QED) is 0.553. The van der Waals surface area contributed by atoms with Gasteiger partial charge in [-0.15, -0.1) is 23.1 Å². The number of unbranched alkanes of at least 4 members (excludes halogenated alkanes) is 1. The van der Waals surface area contributed by atoms with Crippen LogP contribution in [0.1, 0.15) is 25.3 Å². The molecule has 0 fully saturated rings. The zero-order valence-electron chi connectivity index (χ0n) is 10.3. The van der Waals surface area contributed by atoms with Gasteiger partial charge in [-0.25, -0.2) is 0 Å². The molecule has 1 aromatic heterocycles. The zero-order valence-corrected chi connectivity index (χ0v) is 12.0. The van der Waals surface area contributed by atoms with Crippen LogP contribution in [0.15, 0.2) is 40.6 Å². The second-order valence-corrected chi connectivity index (χ2v) is 6.49. The topological polar surface area (TPSA) is 23.8 Å². The van der Waals surface area contributed by atoms with E-state index in [1.165, 1.54) is 33.2 Å². The van der Waals surface area contributed by atoms with Crippen molar-refractivity contribution in [3.8, 4) is 16.5 Å². The van der Waals surface area contributed by atoms with E-state index in [9.17, 15) is 0 Å². The molecule has 1 nitrogen and oxygen atoms in total. The van der Waals surface area contributed by atoms with Crippen LogP contribution in [0.2, 0.25) is 0 Å². The molecule has 0 N–H and O–H groups in total. The molecule has 2 aromatic rings. The minimum absolute atomic E-state index is 0.716. The first kappa shape index (κ1) is 13.2. The van der Waals surface area contributed by atoms with E-state index in [4.69, 9.17) is 5.26 Å². The van der Waals surface area contributed by atoms with Crippen LogP contribution >= 0.6 is 23.1 Å². The monoisotopic (exact) mass is 273 g/mol. The van der Waals surface area contributed by atoms with Gasteiger partial charge in [0.05, 0.1) is 15.8 Å². The van der Waals surface area contributed by atoms with E-state index in [1.807, 2.05) is 47.4 Å². The number of hydrogen-bond acceptors (Lipinski definition) is 3. The molecule has 1 heterocycles. The lowest BCUT2D eigenvalue weighted by atomic mass is 10.1. The maximum absolute atomic E-state index is 8.77. The third-order valence-electron chi connectivity index (χ3n) is 2.62. The summed E-state index contributed by atoms with van der Waals surface area (Å²) in [6.07, 6.45) is 2.52. The Balaban J connectivity index is 2.06. The number of nitriles is 1. The Kier molecular flexibility index (Phi) is 4.86. The average molecular weight is 273 g/mol. The standard InChI is InChI=1S/C15H15NS2/c1-2-3-10-17-15-9-8-14(18-15)13-6-4-12(11-16)5-7-13/h4-9H,2-3,10H2,1H3. The lowest BCUT2D eigenvalue weighted by Crippen LogP contribution is -1.75. The van der Waals surface area contributed by atoms with E-state index in [1.54, 1.807) is 0 Å². The minimum atomic E-state index is 0.716. The number of benzene rings is 1. The highest BCUT2D eigenvalue weighted by Gasteiger charge is 2.03. The van der Waals surface area contributed by atoms with Crippen molar-refractivity contribution >= 4 is 23.1 Å². The molecule has 0 saturated heterocycles. The Morgan fingerprint density at radius 1 is 1.17 bits per heavy atom. The van der Waals surface area contributed by atoms with Crippen molar-refractivity contribution < 1.29 is 0 Å². The number of rotatable bonds is 5. The predicted octanol–water partition coefficient (Wildman–Crippen LogP) is 5.18. The van der Waals surface area contributed by atoms with Gasteiger partial charge in [0, 0.05) is 4.88 Å². The minimum Gasteiger partial charge on any atom is -0.192 e. The summed E-state index contributed by atoms with van der Waals surface area (Å²) >= 11 is 3.76. The molecule has 0 aliphatic heterocycles. The predicted molar refractivity (Wildman–Crippen MR) is 80.1 cm³/mol. The van der Waals surface area contributed by atoms with E-state index in [0.29, 0.717) is 5.56 Å². The van der Waals surface area contributed by atoms with Crippen LogP contribution in [-0.4, -0.2) is 5.75 Å². The van der Waals surface area contributed by atoms with Gasteiger partial charge in [0.15, 0.2) is 0 Å². The second-order valence-electron chi connectivity index (χ2n) is 4.01. The average Bonchev–Trinajstić information content (AvgIpc) is 2.88. The normalized spacial score (nSPS) is 10.2. The van der Waals surface area contributed by atoms with Crippen molar-refractivity contribution in [3.63, 3.8) is 0 Å². The fourth-order valence-corrected chi connectivity index (χ4v) is 3.88. The zero-order chi connectivity index (χ0) is 12.8. The summed E-state index contributed by atoms with van der Waals surface area (Å²) in [5.74, 6) is 1.20. The van der Waals surface area contributed by atoms with Gasteiger partial charge < -0.3 is 0 Å². The first-order valence-corrected chi connectivity index (χ1v) is 7.87. The Morgan fingerprint density at radius 3 is 2.61 bits per heavy atom. The maximum Gasteiger partial charge on any atom is 0.0991 e. The molecule has 0 atom stereocenters. The van der Waals surface area contributed by atoms with Gasteiger partial charge in [0.2, 0.25) is 0 Å². The number of thiophene rings is 1. The molecule has 0 saturated carbocycles. The summed E-state index contributed by atoms with van der Waals surface area (Å²) in [4.78, 5) is 1.28. The Bertz CT molecular complexity index is 534. The molecule has 0 radical (unpaired) electrons. The van der Waals surface area contributed by atoms with Crippen molar-refractivity contribution in [2.45, 2.75) is 24.0 Å². The van der Waals surface area contributed by atoms with Crippen LogP contribution in [0.3, 0.4) is 0 Å². The van der Waals surface area contributed by atoms with E-state index in [0.717, 1.165) is 0 Å². The van der Waals surface area contributed by atoms with E-state index in [2.05, 4.69) is 25.1 Å². The van der Waals surface area contributed by atoms with Gasteiger partial charge in [0.1, 0.15) is 0 Å². The summed E-state index contributed by atoms with van der Waals surface area (Å²) in [6, 6.07) is 14.3. The molecule has 0 aliphatic rings. The summed E-state index contributed by atoms with van der Waals surface area (Å²) < 4.78 is 1.38.